The number of nitrogens with zero attached hydrogens (tertiary/aromatic N) is 3. The monoisotopic (exact) mass is 386 g/mol. The zero-order valence-electron chi connectivity index (χ0n) is 14.1. The fourth-order valence-corrected chi connectivity index (χ4v) is 2.48. The first-order valence-electron chi connectivity index (χ1n) is 8.09. The summed E-state index contributed by atoms with van der Waals surface area (Å²) in [6, 6.07) is 10.9. The van der Waals surface area contributed by atoms with Crippen molar-refractivity contribution in [1.29, 1.82) is 0 Å². The molecular formula is C18H16ClFN6O. The number of benzene rings is 1. The van der Waals surface area contributed by atoms with Crippen LogP contribution in [0.3, 0.4) is 0 Å². The molecule has 2 aromatic heterocycles. The Balaban J connectivity index is 1.49. The molecule has 0 saturated heterocycles. The van der Waals surface area contributed by atoms with Gasteiger partial charge in [0.2, 0.25) is 0 Å². The molecule has 3 rings (SSSR count). The summed E-state index contributed by atoms with van der Waals surface area (Å²) in [6.45, 7) is 0.768. The van der Waals surface area contributed by atoms with E-state index in [0.29, 0.717) is 30.5 Å². The summed E-state index contributed by atoms with van der Waals surface area (Å²) in [4.78, 5) is 24.5. The van der Waals surface area contributed by atoms with Gasteiger partial charge in [0.25, 0.3) is 5.91 Å². The summed E-state index contributed by atoms with van der Waals surface area (Å²) in [5.41, 5.74) is 0.224. The van der Waals surface area contributed by atoms with Crippen LogP contribution in [0.2, 0.25) is 5.02 Å². The van der Waals surface area contributed by atoms with Gasteiger partial charge in [-0.15, -0.1) is 0 Å². The Bertz CT molecular complexity index is 925. The van der Waals surface area contributed by atoms with E-state index in [9.17, 15) is 9.18 Å². The van der Waals surface area contributed by atoms with Gasteiger partial charge in [-0.1, -0.05) is 17.7 Å². The van der Waals surface area contributed by atoms with E-state index in [-0.39, 0.29) is 16.5 Å². The topological polar surface area (TPSA) is 91.8 Å². The summed E-state index contributed by atoms with van der Waals surface area (Å²) in [5, 5.41) is 8.93. The van der Waals surface area contributed by atoms with Crippen LogP contribution in [0.15, 0.2) is 55.0 Å². The maximum Gasteiger partial charge on any atom is 0.252 e. The number of carbonyl (C=O) groups excluding carboxylic acids is 1. The molecule has 0 aliphatic carbocycles. The molecule has 1 amide bonds. The summed E-state index contributed by atoms with van der Waals surface area (Å²) in [5.74, 6) is 0.996. The zero-order valence-corrected chi connectivity index (χ0v) is 14.9. The third-order valence-electron chi connectivity index (χ3n) is 3.48. The molecule has 0 aliphatic rings. The number of hydrogen-bond acceptors (Lipinski definition) is 6. The molecule has 1 aromatic carbocycles. The average Bonchev–Trinajstić information content (AvgIpc) is 2.66. The Morgan fingerprint density at radius 3 is 2.63 bits per heavy atom. The minimum absolute atomic E-state index is 0.0708. The van der Waals surface area contributed by atoms with Gasteiger partial charge in [0.15, 0.2) is 0 Å². The summed E-state index contributed by atoms with van der Waals surface area (Å²) in [7, 11) is 0. The zero-order chi connectivity index (χ0) is 19.1. The predicted octanol–water partition coefficient (Wildman–Crippen LogP) is 3.25. The van der Waals surface area contributed by atoms with Crippen molar-refractivity contribution in [1.82, 2.24) is 20.3 Å². The lowest BCUT2D eigenvalue weighted by molar-refractivity contribution is 0.0955. The molecular weight excluding hydrogens is 371 g/mol. The number of anilines is 3. The highest BCUT2D eigenvalue weighted by atomic mass is 35.5. The molecule has 138 valence electrons. The van der Waals surface area contributed by atoms with Gasteiger partial charge < -0.3 is 16.0 Å². The number of carbonyl (C=O) groups is 1. The van der Waals surface area contributed by atoms with E-state index < -0.39 is 5.82 Å². The highest BCUT2D eigenvalue weighted by molar-refractivity contribution is 6.33. The lowest BCUT2D eigenvalue weighted by atomic mass is 10.2. The Morgan fingerprint density at radius 2 is 1.85 bits per heavy atom. The Morgan fingerprint density at radius 1 is 1.00 bits per heavy atom. The molecule has 0 bridgehead atoms. The van der Waals surface area contributed by atoms with Crippen LogP contribution in [0, 0.1) is 5.82 Å². The van der Waals surface area contributed by atoms with Gasteiger partial charge in [-0.05, 0) is 30.3 Å². The molecule has 27 heavy (non-hydrogen) atoms. The van der Waals surface area contributed by atoms with Crippen molar-refractivity contribution in [3.63, 3.8) is 0 Å². The third-order valence-corrected chi connectivity index (χ3v) is 3.79. The van der Waals surface area contributed by atoms with Crippen LogP contribution in [0.4, 0.5) is 21.8 Å². The van der Waals surface area contributed by atoms with E-state index in [0.717, 1.165) is 6.07 Å². The summed E-state index contributed by atoms with van der Waals surface area (Å²) < 4.78 is 13.0. The van der Waals surface area contributed by atoms with Crippen LogP contribution in [-0.4, -0.2) is 33.9 Å². The molecule has 0 radical (unpaired) electrons. The predicted molar refractivity (Wildman–Crippen MR) is 102 cm³/mol. The van der Waals surface area contributed by atoms with Crippen molar-refractivity contribution in [3.05, 3.63) is 71.4 Å². The van der Waals surface area contributed by atoms with Gasteiger partial charge in [0, 0.05) is 25.4 Å². The van der Waals surface area contributed by atoms with Crippen molar-refractivity contribution in [2.24, 2.45) is 0 Å². The molecule has 0 unspecified atom stereocenters. The van der Waals surface area contributed by atoms with Crippen LogP contribution in [-0.2, 0) is 0 Å². The molecule has 0 atom stereocenters. The Labute approximate surface area is 160 Å². The van der Waals surface area contributed by atoms with Gasteiger partial charge in [0.1, 0.15) is 29.6 Å². The second-order valence-electron chi connectivity index (χ2n) is 5.44. The van der Waals surface area contributed by atoms with Crippen molar-refractivity contribution < 1.29 is 9.18 Å². The quantitative estimate of drug-likeness (QED) is 0.540. The fourth-order valence-electron chi connectivity index (χ4n) is 2.23. The first kappa shape index (κ1) is 18.5. The van der Waals surface area contributed by atoms with E-state index in [1.165, 1.54) is 18.5 Å². The second-order valence-corrected chi connectivity index (χ2v) is 5.84. The number of halogens is 2. The average molecular weight is 387 g/mol. The third kappa shape index (κ3) is 5.35. The number of pyridine rings is 1. The molecule has 0 saturated carbocycles. The number of hydrogen-bond donors (Lipinski definition) is 3. The van der Waals surface area contributed by atoms with E-state index >= 15 is 0 Å². The van der Waals surface area contributed by atoms with Gasteiger partial charge in [-0.25, -0.2) is 19.3 Å². The lowest BCUT2D eigenvalue weighted by Crippen LogP contribution is -2.29. The van der Waals surface area contributed by atoms with Gasteiger partial charge in [-0.3, -0.25) is 4.79 Å². The van der Waals surface area contributed by atoms with Crippen molar-refractivity contribution in [3.8, 4) is 0 Å². The Hall–Kier alpha value is -3.26. The standard InChI is InChI=1S/C18H16ClFN6O/c19-14-9-12(20)4-5-13(14)18(27)23-8-7-22-16-10-17(25-11-24-16)26-15-3-1-2-6-21-15/h1-6,9-11H,7-8H2,(H,23,27)(H2,21,22,24,25,26). The molecule has 7 nitrogen and oxygen atoms in total. The van der Waals surface area contributed by atoms with E-state index in [4.69, 9.17) is 11.6 Å². The molecule has 3 aromatic rings. The fraction of sp³-hybridized carbons (Fsp3) is 0.111. The van der Waals surface area contributed by atoms with Crippen molar-refractivity contribution >= 4 is 35.0 Å². The summed E-state index contributed by atoms with van der Waals surface area (Å²) >= 11 is 5.87. The van der Waals surface area contributed by atoms with E-state index in [2.05, 4.69) is 30.9 Å². The first-order valence-corrected chi connectivity index (χ1v) is 8.47. The maximum absolute atomic E-state index is 13.0. The molecule has 0 spiro atoms. The van der Waals surface area contributed by atoms with Crippen molar-refractivity contribution in [2.45, 2.75) is 0 Å². The SMILES string of the molecule is O=C(NCCNc1cc(Nc2ccccn2)ncn1)c1ccc(F)cc1Cl. The number of amides is 1. The van der Waals surface area contributed by atoms with Gasteiger partial charge in [0.05, 0.1) is 10.6 Å². The molecule has 2 heterocycles. The maximum atomic E-state index is 13.0. The minimum Gasteiger partial charge on any atom is -0.368 e. The second kappa shape index (κ2) is 8.91. The summed E-state index contributed by atoms with van der Waals surface area (Å²) in [6.07, 6.45) is 3.10. The van der Waals surface area contributed by atoms with Gasteiger partial charge in [-0.2, -0.15) is 0 Å². The normalized spacial score (nSPS) is 10.3. The largest absolute Gasteiger partial charge is 0.368 e. The number of nitrogens with one attached hydrogen (secondary N) is 3. The molecule has 3 N–H and O–H groups in total. The van der Waals surface area contributed by atoms with Crippen molar-refractivity contribution in [2.75, 3.05) is 23.7 Å². The van der Waals surface area contributed by atoms with E-state index in [1.807, 2.05) is 18.2 Å². The van der Waals surface area contributed by atoms with Gasteiger partial charge >= 0.3 is 0 Å². The first-order chi connectivity index (χ1) is 13.1. The van der Waals surface area contributed by atoms with E-state index in [1.54, 1.807) is 12.3 Å². The Kier molecular flexibility index (Phi) is 6.11. The number of rotatable bonds is 7. The van der Waals surface area contributed by atoms with Crippen LogP contribution in [0.25, 0.3) is 0 Å². The molecule has 0 aliphatic heterocycles. The highest BCUT2D eigenvalue weighted by Crippen LogP contribution is 2.17. The van der Waals surface area contributed by atoms with Crippen LogP contribution in [0.5, 0.6) is 0 Å². The number of aromatic nitrogens is 3. The van der Waals surface area contributed by atoms with Crippen LogP contribution in [0.1, 0.15) is 10.4 Å². The van der Waals surface area contributed by atoms with Crippen LogP contribution >= 0.6 is 11.6 Å². The smallest absolute Gasteiger partial charge is 0.252 e. The minimum atomic E-state index is -0.489. The molecule has 0 fully saturated rings. The van der Waals surface area contributed by atoms with Crippen LogP contribution < -0.4 is 16.0 Å². The highest BCUT2D eigenvalue weighted by Gasteiger charge is 2.10. The lowest BCUT2D eigenvalue weighted by Gasteiger charge is -2.09. The molecule has 9 heteroatoms.